The van der Waals surface area contributed by atoms with Gasteiger partial charge in [0.1, 0.15) is 29.7 Å². The summed E-state index contributed by atoms with van der Waals surface area (Å²) in [5.41, 5.74) is 3.63. The molecule has 0 fully saturated rings. The fourth-order valence-electron chi connectivity index (χ4n) is 3.66. The van der Waals surface area contributed by atoms with Crippen molar-refractivity contribution in [2.45, 2.75) is 19.8 Å². The number of carbonyl (C=O) groups is 2. The Morgan fingerprint density at radius 3 is 2.58 bits per heavy atom. The lowest BCUT2D eigenvalue weighted by Gasteiger charge is -2.08. The normalized spacial score (nSPS) is 10.8. The molecule has 4 rings (SSSR count). The Hall–Kier alpha value is -4.30. The number of aromatic nitrogens is 2. The second-order valence-corrected chi connectivity index (χ2v) is 8.27. The molecule has 184 valence electrons. The minimum absolute atomic E-state index is 0.0468. The summed E-state index contributed by atoms with van der Waals surface area (Å²) in [6.45, 7) is 1.55. The number of aromatic amines is 1. The smallest absolute Gasteiger partial charge is 0.339 e. The summed E-state index contributed by atoms with van der Waals surface area (Å²) in [5.74, 6) is 0.135. The topological polar surface area (TPSA) is 102 Å². The number of hydrogen-bond acceptors (Lipinski definition) is 6. The number of aliphatic hydroxyl groups excluding tert-OH is 1. The predicted octanol–water partition coefficient (Wildman–Crippen LogP) is 4.82. The van der Waals surface area contributed by atoms with Crippen LogP contribution in [0, 0.1) is 12.7 Å². The minimum Gasteiger partial charge on any atom is -0.460 e. The first-order valence-corrected chi connectivity index (χ1v) is 11.4. The Kier molecular flexibility index (Phi) is 7.87. The number of halogens is 1. The van der Waals surface area contributed by atoms with Gasteiger partial charge in [0.05, 0.1) is 23.6 Å². The SMILES string of the molecule is Cc1ccc(F)c(CC(=O)Cc2ccc(Oc3ccnc(-c4cc(C(=O)OCCO)c[nH]4)c3)cc2)c1. The highest BCUT2D eigenvalue weighted by molar-refractivity contribution is 5.90. The van der Waals surface area contributed by atoms with Gasteiger partial charge in [0, 0.05) is 31.3 Å². The molecule has 0 unspecified atom stereocenters. The van der Waals surface area contributed by atoms with Crippen molar-refractivity contribution < 1.29 is 28.6 Å². The van der Waals surface area contributed by atoms with Gasteiger partial charge in [0.15, 0.2) is 0 Å². The summed E-state index contributed by atoms with van der Waals surface area (Å²) < 4.78 is 24.8. The van der Waals surface area contributed by atoms with Crippen molar-refractivity contribution in [3.63, 3.8) is 0 Å². The van der Waals surface area contributed by atoms with Gasteiger partial charge in [-0.3, -0.25) is 9.78 Å². The van der Waals surface area contributed by atoms with E-state index in [1.54, 1.807) is 60.8 Å². The number of esters is 1. The molecule has 0 spiro atoms. The molecule has 0 aliphatic rings. The van der Waals surface area contributed by atoms with Crippen molar-refractivity contribution in [2.24, 2.45) is 0 Å². The number of pyridine rings is 1. The molecule has 0 aliphatic carbocycles. The van der Waals surface area contributed by atoms with Crippen LogP contribution in [0.25, 0.3) is 11.4 Å². The maximum absolute atomic E-state index is 13.9. The van der Waals surface area contributed by atoms with E-state index in [1.807, 2.05) is 6.92 Å². The molecule has 2 aromatic carbocycles. The van der Waals surface area contributed by atoms with E-state index >= 15 is 0 Å². The van der Waals surface area contributed by atoms with Crippen LogP contribution in [0.4, 0.5) is 4.39 Å². The summed E-state index contributed by atoms with van der Waals surface area (Å²) in [7, 11) is 0. The van der Waals surface area contributed by atoms with Crippen LogP contribution in [0.3, 0.4) is 0 Å². The first-order valence-electron chi connectivity index (χ1n) is 11.4. The number of rotatable bonds is 10. The number of H-pyrrole nitrogens is 1. The number of benzene rings is 2. The van der Waals surface area contributed by atoms with Gasteiger partial charge in [-0.25, -0.2) is 9.18 Å². The van der Waals surface area contributed by atoms with Crippen LogP contribution in [0.1, 0.15) is 27.0 Å². The number of aliphatic hydroxyl groups is 1. The highest BCUT2D eigenvalue weighted by Crippen LogP contribution is 2.26. The Morgan fingerprint density at radius 1 is 1.00 bits per heavy atom. The summed E-state index contributed by atoms with van der Waals surface area (Å²) in [5, 5.41) is 8.79. The van der Waals surface area contributed by atoms with Gasteiger partial charge >= 0.3 is 5.97 Å². The molecule has 36 heavy (non-hydrogen) atoms. The lowest BCUT2D eigenvalue weighted by molar-refractivity contribution is -0.117. The van der Waals surface area contributed by atoms with Gasteiger partial charge in [-0.1, -0.05) is 29.8 Å². The first-order chi connectivity index (χ1) is 17.4. The molecule has 0 atom stereocenters. The summed E-state index contributed by atoms with van der Waals surface area (Å²) in [4.78, 5) is 31.7. The zero-order chi connectivity index (χ0) is 25.5. The molecule has 0 bridgehead atoms. The van der Waals surface area contributed by atoms with E-state index in [1.165, 1.54) is 12.3 Å². The molecule has 0 saturated carbocycles. The standard InChI is InChI=1S/C28H25FN2O5/c1-18-2-7-25(29)20(12-18)14-22(33)13-19-3-5-23(6-4-19)36-24-8-9-30-27(16-24)26-15-21(17-31-26)28(34)35-11-10-32/h2-9,12,15-17,31-32H,10-11,13-14H2,1H3. The van der Waals surface area contributed by atoms with E-state index in [9.17, 15) is 14.0 Å². The molecule has 2 aromatic heterocycles. The molecule has 0 radical (unpaired) electrons. The number of ether oxygens (including phenoxy) is 2. The van der Waals surface area contributed by atoms with Crippen molar-refractivity contribution in [3.05, 3.63) is 101 Å². The van der Waals surface area contributed by atoms with Gasteiger partial charge in [-0.05, 0) is 48.4 Å². The quantitative estimate of drug-likeness (QED) is 0.311. The Bertz CT molecular complexity index is 1360. The third-order valence-electron chi connectivity index (χ3n) is 5.40. The zero-order valence-electron chi connectivity index (χ0n) is 19.7. The Morgan fingerprint density at radius 2 is 1.81 bits per heavy atom. The second-order valence-electron chi connectivity index (χ2n) is 8.27. The molecule has 7 nitrogen and oxygen atoms in total. The zero-order valence-corrected chi connectivity index (χ0v) is 19.7. The third kappa shape index (κ3) is 6.43. The monoisotopic (exact) mass is 488 g/mol. The summed E-state index contributed by atoms with van der Waals surface area (Å²) >= 11 is 0. The maximum atomic E-state index is 13.9. The van der Waals surface area contributed by atoms with E-state index in [-0.39, 0.29) is 37.7 Å². The number of nitrogens with one attached hydrogen (secondary N) is 1. The first kappa shape index (κ1) is 24.8. The highest BCUT2D eigenvalue weighted by Gasteiger charge is 2.13. The van der Waals surface area contributed by atoms with Crippen LogP contribution >= 0.6 is 0 Å². The van der Waals surface area contributed by atoms with Gasteiger partial charge in [-0.15, -0.1) is 0 Å². The average molecular weight is 489 g/mol. The predicted molar refractivity (Wildman–Crippen MR) is 131 cm³/mol. The Balaban J connectivity index is 1.37. The maximum Gasteiger partial charge on any atom is 0.339 e. The fourth-order valence-corrected chi connectivity index (χ4v) is 3.66. The van der Waals surface area contributed by atoms with Gasteiger partial charge < -0.3 is 19.6 Å². The lowest BCUT2D eigenvalue weighted by Crippen LogP contribution is -2.08. The van der Waals surface area contributed by atoms with Gasteiger partial charge in [0.25, 0.3) is 0 Å². The van der Waals surface area contributed by atoms with E-state index in [0.29, 0.717) is 34.0 Å². The van der Waals surface area contributed by atoms with Crippen LogP contribution in [0.15, 0.2) is 73.1 Å². The van der Waals surface area contributed by atoms with Crippen molar-refractivity contribution >= 4 is 11.8 Å². The molecule has 2 heterocycles. The van der Waals surface area contributed by atoms with Crippen LogP contribution in [0.5, 0.6) is 11.5 Å². The number of aryl methyl sites for hydroxylation is 1. The molecule has 0 amide bonds. The number of nitrogens with zero attached hydrogens (tertiary/aromatic N) is 1. The lowest BCUT2D eigenvalue weighted by atomic mass is 10.0. The highest BCUT2D eigenvalue weighted by atomic mass is 19.1. The average Bonchev–Trinajstić information content (AvgIpc) is 3.37. The minimum atomic E-state index is -0.540. The van der Waals surface area contributed by atoms with Crippen LogP contribution in [-0.4, -0.2) is 40.0 Å². The fraction of sp³-hybridized carbons (Fsp3) is 0.179. The molecule has 0 aliphatic heterocycles. The number of hydrogen-bond donors (Lipinski definition) is 2. The van der Waals surface area contributed by atoms with Gasteiger partial charge in [0.2, 0.25) is 0 Å². The number of Topliss-reactive ketones (excluding diaryl/α,β-unsaturated/α-hetero) is 1. The molecule has 8 heteroatoms. The second kappa shape index (κ2) is 11.4. The molecular formula is C28H25FN2O5. The van der Waals surface area contributed by atoms with Crippen LogP contribution < -0.4 is 4.74 Å². The molecule has 2 N–H and O–H groups in total. The Labute approximate surface area is 207 Å². The molecular weight excluding hydrogens is 463 g/mol. The number of ketones is 1. The third-order valence-corrected chi connectivity index (χ3v) is 5.40. The largest absolute Gasteiger partial charge is 0.460 e. The van der Waals surface area contributed by atoms with Gasteiger partial charge in [-0.2, -0.15) is 0 Å². The molecule has 4 aromatic rings. The number of carbonyl (C=O) groups excluding carboxylic acids is 2. The van der Waals surface area contributed by atoms with E-state index in [2.05, 4.69) is 9.97 Å². The van der Waals surface area contributed by atoms with E-state index in [4.69, 9.17) is 14.6 Å². The van der Waals surface area contributed by atoms with Crippen molar-refractivity contribution in [1.29, 1.82) is 0 Å². The van der Waals surface area contributed by atoms with E-state index < -0.39 is 5.97 Å². The van der Waals surface area contributed by atoms with Crippen molar-refractivity contribution in [2.75, 3.05) is 13.2 Å². The summed E-state index contributed by atoms with van der Waals surface area (Å²) in [6, 6.07) is 16.9. The van der Waals surface area contributed by atoms with E-state index in [0.717, 1.165) is 11.1 Å². The van der Waals surface area contributed by atoms with Crippen LogP contribution in [-0.2, 0) is 22.4 Å². The van der Waals surface area contributed by atoms with Crippen LogP contribution in [0.2, 0.25) is 0 Å². The van der Waals surface area contributed by atoms with Crippen molar-refractivity contribution in [1.82, 2.24) is 9.97 Å². The van der Waals surface area contributed by atoms with Crippen molar-refractivity contribution in [3.8, 4) is 22.9 Å². The molecule has 0 saturated heterocycles. The summed E-state index contributed by atoms with van der Waals surface area (Å²) in [6.07, 6.45) is 3.35.